The van der Waals surface area contributed by atoms with Crippen LogP contribution in [0.2, 0.25) is 0 Å². The van der Waals surface area contributed by atoms with Crippen LogP contribution in [0.4, 0.5) is 5.69 Å². The number of nitrogens with two attached hydrogens (primary N) is 1. The van der Waals surface area contributed by atoms with Crippen molar-refractivity contribution in [1.29, 1.82) is 0 Å². The van der Waals surface area contributed by atoms with Crippen molar-refractivity contribution in [3.8, 4) is 11.3 Å². The zero-order valence-electron chi connectivity index (χ0n) is 11.9. The summed E-state index contributed by atoms with van der Waals surface area (Å²) in [5.41, 5.74) is 10.9. The minimum absolute atomic E-state index is 0. The third kappa shape index (κ3) is 2.24. The smallest absolute Gasteiger partial charge is 0.0740 e. The number of fused-ring (bicyclic) bond motifs is 1. The van der Waals surface area contributed by atoms with Gasteiger partial charge in [-0.05, 0) is 36.9 Å². The van der Waals surface area contributed by atoms with Crippen molar-refractivity contribution in [3.63, 3.8) is 0 Å². The molecule has 0 saturated carbocycles. The number of hydrogen-bond acceptors (Lipinski definition) is 3. The van der Waals surface area contributed by atoms with Crippen LogP contribution in [0.1, 0.15) is 11.3 Å². The van der Waals surface area contributed by atoms with E-state index in [9.17, 15) is 0 Å². The average molecular weight is 265 g/mol. The van der Waals surface area contributed by atoms with E-state index in [1.807, 2.05) is 24.3 Å². The molecule has 0 aliphatic rings. The van der Waals surface area contributed by atoms with Gasteiger partial charge < -0.3 is 11.9 Å². The largest absolute Gasteiger partial charge is 0.399 e. The Morgan fingerprint density at radius 3 is 2.10 bits per heavy atom. The first-order chi connectivity index (χ1) is 9.16. The number of aryl methyl sites for hydroxylation is 2. The number of nitrogens with zero attached hydrogens (tertiary/aromatic N) is 1. The van der Waals surface area contributed by atoms with E-state index < -0.39 is 0 Å². The second-order valence-electron chi connectivity index (χ2n) is 4.84. The highest BCUT2D eigenvalue weighted by Crippen LogP contribution is 2.29. The van der Waals surface area contributed by atoms with Crippen LogP contribution in [0.15, 0.2) is 48.5 Å². The number of aromatic nitrogens is 1. The second-order valence-corrected chi connectivity index (χ2v) is 4.84. The van der Waals surface area contributed by atoms with Gasteiger partial charge in [-0.2, -0.15) is 0 Å². The molecule has 3 heteroatoms. The molecular weight excluding hydrogens is 246 g/mol. The van der Waals surface area contributed by atoms with Crippen LogP contribution in [0.5, 0.6) is 0 Å². The van der Waals surface area contributed by atoms with Crippen molar-refractivity contribution in [3.05, 3.63) is 59.8 Å². The van der Waals surface area contributed by atoms with Crippen LogP contribution in [-0.4, -0.2) is 4.98 Å². The van der Waals surface area contributed by atoms with Gasteiger partial charge in [-0.3, -0.25) is 4.98 Å². The van der Waals surface area contributed by atoms with Crippen LogP contribution in [0.25, 0.3) is 22.0 Å². The molecule has 2 aromatic carbocycles. The van der Waals surface area contributed by atoms with Crippen molar-refractivity contribution in [2.75, 3.05) is 5.73 Å². The lowest BCUT2D eigenvalue weighted by Crippen LogP contribution is -1.94. The van der Waals surface area contributed by atoms with Gasteiger partial charge in [0.25, 0.3) is 0 Å². The molecule has 0 bridgehead atoms. The predicted molar refractivity (Wildman–Crippen MR) is 86.1 cm³/mol. The van der Waals surface area contributed by atoms with Gasteiger partial charge in [0.05, 0.1) is 5.69 Å². The van der Waals surface area contributed by atoms with Crippen LogP contribution < -0.4 is 11.9 Å². The molecule has 3 aromatic rings. The predicted octanol–water partition coefficient (Wildman–Crippen LogP) is 4.26. The molecular formula is C17H19N3. The Bertz CT molecular complexity index is 746. The lowest BCUT2D eigenvalue weighted by Gasteiger charge is -2.11. The van der Waals surface area contributed by atoms with E-state index in [2.05, 4.69) is 38.1 Å². The molecule has 0 spiro atoms. The van der Waals surface area contributed by atoms with Crippen LogP contribution in [0, 0.1) is 13.8 Å². The number of rotatable bonds is 1. The number of benzene rings is 2. The second kappa shape index (κ2) is 5.31. The lowest BCUT2D eigenvalue weighted by atomic mass is 9.99. The molecule has 0 aliphatic heterocycles. The van der Waals surface area contributed by atoms with Crippen LogP contribution >= 0.6 is 0 Å². The topological polar surface area (TPSA) is 73.9 Å². The Morgan fingerprint density at radius 1 is 0.850 bits per heavy atom. The molecule has 20 heavy (non-hydrogen) atoms. The Labute approximate surface area is 119 Å². The molecule has 0 radical (unpaired) electrons. The van der Waals surface area contributed by atoms with E-state index in [4.69, 9.17) is 10.7 Å². The van der Waals surface area contributed by atoms with Gasteiger partial charge in [-0.15, -0.1) is 0 Å². The summed E-state index contributed by atoms with van der Waals surface area (Å²) >= 11 is 0. The fourth-order valence-corrected chi connectivity index (χ4v) is 2.49. The summed E-state index contributed by atoms with van der Waals surface area (Å²) < 4.78 is 0. The Balaban J connectivity index is 0.00000147. The summed E-state index contributed by atoms with van der Waals surface area (Å²) in [6, 6.07) is 16.3. The number of hydrogen-bond donors (Lipinski definition) is 2. The van der Waals surface area contributed by atoms with Crippen molar-refractivity contribution in [1.82, 2.24) is 11.1 Å². The van der Waals surface area contributed by atoms with Crippen molar-refractivity contribution >= 4 is 16.5 Å². The Hall–Kier alpha value is -2.39. The van der Waals surface area contributed by atoms with Crippen molar-refractivity contribution < 1.29 is 0 Å². The zero-order chi connectivity index (χ0) is 13.4. The van der Waals surface area contributed by atoms with Gasteiger partial charge >= 0.3 is 0 Å². The number of anilines is 1. The molecule has 1 heterocycles. The summed E-state index contributed by atoms with van der Waals surface area (Å²) in [5, 5.41) is 2.49. The van der Waals surface area contributed by atoms with E-state index in [1.54, 1.807) is 0 Å². The first-order valence-electron chi connectivity index (χ1n) is 6.38. The summed E-state index contributed by atoms with van der Waals surface area (Å²) in [5.74, 6) is 0. The first kappa shape index (κ1) is 14.0. The van der Waals surface area contributed by atoms with Gasteiger partial charge in [0.15, 0.2) is 0 Å². The maximum absolute atomic E-state index is 5.74. The van der Waals surface area contributed by atoms with Crippen LogP contribution in [-0.2, 0) is 0 Å². The van der Waals surface area contributed by atoms with E-state index in [0.29, 0.717) is 0 Å². The van der Waals surface area contributed by atoms with Gasteiger partial charge in [0.1, 0.15) is 0 Å². The molecule has 0 amide bonds. The summed E-state index contributed by atoms with van der Waals surface area (Å²) in [4.78, 5) is 4.76. The van der Waals surface area contributed by atoms with Gasteiger partial charge in [-0.1, -0.05) is 36.4 Å². The van der Waals surface area contributed by atoms with Crippen molar-refractivity contribution in [2.45, 2.75) is 13.8 Å². The van der Waals surface area contributed by atoms with Crippen molar-refractivity contribution in [2.24, 2.45) is 0 Å². The lowest BCUT2D eigenvalue weighted by molar-refractivity contribution is 1.21. The molecule has 1 aromatic heterocycles. The monoisotopic (exact) mass is 265 g/mol. The average Bonchev–Trinajstić information content (AvgIpc) is 2.44. The third-order valence-corrected chi connectivity index (χ3v) is 3.54. The van der Waals surface area contributed by atoms with Crippen LogP contribution in [0.3, 0.4) is 0 Å². The number of nitrogen functional groups attached to an aromatic ring is 1. The SMILES string of the molecule is Cc1nc(-c2ccc(N)cc2)c(C)c2ccccc12.N. The van der Waals surface area contributed by atoms with Gasteiger partial charge in [0.2, 0.25) is 0 Å². The quantitative estimate of drug-likeness (QED) is 0.645. The fourth-order valence-electron chi connectivity index (χ4n) is 2.49. The normalized spacial score (nSPS) is 10.3. The molecule has 0 fully saturated rings. The maximum atomic E-state index is 5.74. The minimum atomic E-state index is 0. The summed E-state index contributed by atoms with van der Waals surface area (Å²) in [6.07, 6.45) is 0. The molecule has 3 nitrogen and oxygen atoms in total. The fraction of sp³-hybridized carbons (Fsp3) is 0.118. The third-order valence-electron chi connectivity index (χ3n) is 3.54. The Kier molecular flexibility index (Phi) is 3.72. The molecule has 0 aliphatic carbocycles. The number of pyridine rings is 1. The highest BCUT2D eigenvalue weighted by atomic mass is 14.7. The molecule has 0 saturated heterocycles. The van der Waals surface area contributed by atoms with E-state index in [1.165, 1.54) is 16.3 Å². The van der Waals surface area contributed by atoms with E-state index >= 15 is 0 Å². The zero-order valence-corrected chi connectivity index (χ0v) is 11.9. The standard InChI is InChI=1S/C17H16N2.H3N/c1-11-15-5-3-4-6-16(15)12(2)19-17(11)13-7-9-14(18)10-8-13;/h3-10H,18H2,1-2H3;1H3. The summed E-state index contributed by atoms with van der Waals surface area (Å²) in [6.45, 7) is 4.18. The first-order valence-corrected chi connectivity index (χ1v) is 6.38. The Morgan fingerprint density at radius 2 is 1.45 bits per heavy atom. The minimum Gasteiger partial charge on any atom is -0.399 e. The maximum Gasteiger partial charge on any atom is 0.0740 e. The summed E-state index contributed by atoms with van der Waals surface area (Å²) in [7, 11) is 0. The molecule has 102 valence electrons. The molecule has 5 N–H and O–H groups in total. The molecule has 3 rings (SSSR count). The van der Waals surface area contributed by atoms with E-state index in [0.717, 1.165) is 22.6 Å². The highest BCUT2D eigenvalue weighted by molar-refractivity contribution is 5.91. The van der Waals surface area contributed by atoms with Gasteiger partial charge in [0, 0.05) is 22.3 Å². The van der Waals surface area contributed by atoms with Gasteiger partial charge in [-0.25, -0.2) is 0 Å². The molecule has 0 atom stereocenters. The molecule has 0 unspecified atom stereocenters. The van der Waals surface area contributed by atoms with E-state index in [-0.39, 0.29) is 6.15 Å². The highest BCUT2D eigenvalue weighted by Gasteiger charge is 2.09.